The number of rotatable bonds is 5. The average Bonchev–Trinajstić information content (AvgIpc) is 3.00. The second kappa shape index (κ2) is 7.74. The molecule has 2 aromatic heterocycles. The van der Waals surface area contributed by atoms with E-state index in [0.717, 1.165) is 26.2 Å². The fourth-order valence-corrected chi connectivity index (χ4v) is 5.99. The summed E-state index contributed by atoms with van der Waals surface area (Å²) in [5.74, 6) is 0.821. The van der Waals surface area contributed by atoms with Crippen molar-refractivity contribution in [3.8, 4) is 0 Å². The van der Waals surface area contributed by atoms with Crippen LogP contribution in [0.15, 0.2) is 40.8 Å². The highest BCUT2D eigenvalue weighted by atomic mass is 32.2. The summed E-state index contributed by atoms with van der Waals surface area (Å²) >= 11 is 3.31. The lowest BCUT2D eigenvalue weighted by molar-refractivity contribution is -0.0386. The van der Waals surface area contributed by atoms with Crippen LogP contribution in [-0.2, 0) is 30.1 Å². The topological polar surface area (TPSA) is 44.1 Å². The van der Waals surface area contributed by atoms with Crippen LogP contribution in [0.1, 0.15) is 41.0 Å². The van der Waals surface area contributed by atoms with Crippen LogP contribution in [0, 0.1) is 13.8 Å². The molecular weight excluding hydrogens is 400 g/mol. The lowest BCUT2D eigenvalue weighted by Crippen LogP contribution is -2.34. The van der Waals surface area contributed by atoms with Crippen LogP contribution in [0.25, 0.3) is 10.3 Å². The minimum atomic E-state index is -0.309. The van der Waals surface area contributed by atoms with Crippen molar-refractivity contribution in [2.24, 2.45) is 0 Å². The summed E-state index contributed by atoms with van der Waals surface area (Å²) < 4.78 is 8.06. The van der Waals surface area contributed by atoms with Crippen molar-refractivity contribution in [1.82, 2.24) is 9.55 Å². The largest absolute Gasteiger partial charge is 0.370 e. The molecule has 3 aromatic rings. The minimum absolute atomic E-state index is 0.0568. The zero-order chi connectivity index (χ0) is 20.8. The van der Waals surface area contributed by atoms with Crippen molar-refractivity contribution in [2.45, 2.75) is 63.8 Å². The molecule has 0 aliphatic carbocycles. The minimum Gasteiger partial charge on any atom is -0.370 e. The van der Waals surface area contributed by atoms with Gasteiger partial charge in [-0.05, 0) is 38.8 Å². The molecule has 1 aliphatic rings. The van der Waals surface area contributed by atoms with Gasteiger partial charge in [-0.3, -0.25) is 4.79 Å². The Morgan fingerprint density at radius 2 is 2.17 bits per heavy atom. The molecule has 4 rings (SSSR count). The molecule has 0 unspecified atom stereocenters. The Hall–Kier alpha value is -1.89. The number of hydrogen-bond donors (Lipinski definition) is 0. The second-order valence-corrected chi connectivity index (χ2v) is 10.3. The number of nitrogens with zero attached hydrogens (tertiary/aromatic N) is 2. The highest BCUT2D eigenvalue weighted by molar-refractivity contribution is 7.98. The lowest BCUT2D eigenvalue weighted by Gasteiger charge is -2.30. The van der Waals surface area contributed by atoms with Crippen LogP contribution in [0.3, 0.4) is 0 Å². The van der Waals surface area contributed by atoms with Crippen molar-refractivity contribution < 1.29 is 4.74 Å². The summed E-state index contributed by atoms with van der Waals surface area (Å²) in [4.78, 5) is 20.0. The van der Waals surface area contributed by atoms with E-state index in [9.17, 15) is 4.79 Å². The van der Waals surface area contributed by atoms with Crippen molar-refractivity contribution >= 4 is 33.4 Å². The average molecular weight is 427 g/mol. The normalized spacial score (nSPS) is 15.4. The fourth-order valence-electron chi connectivity index (χ4n) is 3.70. The van der Waals surface area contributed by atoms with Gasteiger partial charge in [0.1, 0.15) is 10.3 Å². The maximum absolute atomic E-state index is 13.2. The highest BCUT2D eigenvalue weighted by Crippen LogP contribution is 2.34. The van der Waals surface area contributed by atoms with E-state index < -0.39 is 0 Å². The van der Waals surface area contributed by atoms with Crippen LogP contribution in [0.2, 0.25) is 0 Å². The number of fused-ring (bicyclic) bond motifs is 2. The van der Waals surface area contributed by atoms with Gasteiger partial charge in [-0.1, -0.05) is 41.6 Å². The van der Waals surface area contributed by atoms with Gasteiger partial charge >= 0.3 is 0 Å². The van der Waals surface area contributed by atoms with Crippen molar-refractivity contribution in [3.05, 3.63) is 68.2 Å². The summed E-state index contributed by atoms with van der Waals surface area (Å²) in [5.41, 5.74) is 5.04. The zero-order valence-electron chi connectivity index (χ0n) is 17.4. The number of allylic oxidation sites excluding steroid dienone is 1. The summed E-state index contributed by atoms with van der Waals surface area (Å²) in [6, 6.07) is 6.53. The van der Waals surface area contributed by atoms with E-state index in [-0.39, 0.29) is 11.0 Å². The quantitative estimate of drug-likeness (QED) is 0.404. The molecule has 0 N–H and O–H groups in total. The number of aromatic nitrogens is 2. The lowest BCUT2D eigenvalue weighted by atomic mass is 9.96. The number of aryl methyl sites for hydroxylation is 2. The van der Waals surface area contributed by atoms with Gasteiger partial charge in [0.15, 0.2) is 5.16 Å². The number of thioether (sulfide) groups is 1. The van der Waals surface area contributed by atoms with Crippen LogP contribution >= 0.6 is 23.1 Å². The molecule has 29 heavy (non-hydrogen) atoms. The molecular formula is C23H26N2O2S2. The van der Waals surface area contributed by atoms with E-state index in [0.29, 0.717) is 25.1 Å². The maximum Gasteiger partial charge on any atom is 0.211 e. The van der Waals surface area contributed by atoms with Gasteiger partial charge in [0.2, 0.25) is 5.43 Å². The van der Waals surface area contributed by atoms with Gasteiger partial charge in [-0.15, -0.1) is 17.9 Å². The molecule has 0 atom stereocenters. The van der Waals surface area contributed by atoms with E-state index in [1.54, 1.807) is 23.1 Å². The fraction of sp³-hybridized carbons (Fsp3) is 0.391. The Bertz CT molecular complexity index is 1160. The van der Waals surface area contributed by atoms with Crippen molar-refractivity contribution in [3.63, 3.8) is 0 Å². The van der Waals surface area contributed by atoms with Gasteiger partial charge in [0.25, 0.3) is 0 Å². The highest BCUT2D eigenvalue weighted by Gasteiger charge is 2.30. The Morgan fingerprint density at radius 3 is 2.90 bits per heavy atom. The molecule has 6 heteroatoms. The van der Waals surface area contributed by atoms with Crippen LogP contribution in [0.4, 0.5) is 0 Å². The Balaban J connectivity index is 1.76. The van der Waals surface area contributed by atoms with Gasteiger partial charge < -0.3 is 9.30 Å². The predicted octanol–water partition coefficient (Wildman–Crippen LogP) is 5.40. The van der Waals surface area contributed by atoms with E-state index in [1.165, 1.54) is 16.7 Å². The van der Waals surface area contributed by atoms with Gasteiger partial charge in [0.05, 0.1) is 12.2 Å². The predicted molar refractivity (Wildman–Crippen MR) is 122 cm³/mol. The summed E-state index contributed by atoms with van der Waals surface area (Å²) in [5, 5.41) is 0.871. The molecule has 0 fully saturated rings. The number of hydrogen-bond acceptors (Lipinski definition) is 5. The van der Waals surface area contributed by atoms with Crippen molar-refractivity contribution in [2.75, 3.05) is 0 Å². The smallest absolute Gasteiger partial charge is 0.211 e. The standard InChI is InChI=1S/C23H26N2O2S2/c1-6-9-25-21-19(20(26)17-11-23(4,5)27-12-18(17)29-21)24-22(25)28-13-16-8-7-14(2)10-15(16)3/h6-8,10H,1,9,11-13H2,2-5H3. The Labute approximate surface area is 179 Å². The van der Waals surface area contributed by atoms with E-state index >= 15 is 0 Å². The van der Waals surface area contributed by atoms with Crippen molar-refractivity contribution in [1.29, 1.82) is 0 Å². The third-order valence-electron chi connectivity index (χ3n) is 5.29. The zero-order valence-corrected chi connectivity index (χ0v) is 19.0. The molecule has 0 radical (unpaired) electrons. The van der Waals surface area contributed by atoms with Crippen LogP contribution < -0.4 is 5.43 Å². The monoisotopic (exact) mass is 426 g/mol. The molecule has 152 valence electrons. The molecule has 4 nitrogen and oxygen atoms in total. The molecule has 1 aliphatic heterocycles. The first-order chi connectivity index (χ1) is 13.8. The third kappa shape index (κ3) is 3.93. The molecule has 3 heterocycles. The SMILES string of the molecule is C=CCn1c(SCc2ccc(C)cc2C)nc2c(=O)c3c(sc21)COC(C)(C)C3. The van der Waals surface area contributed by atoms with Gasteiger partial charge in [-0.2, -0.15) is 0 Å². The molecule has 0 saturated carbocycles. The molecule has 1 aromatic carbocycles. The second-order valence-electron chi connectivity index (χ2n) is 8.22. The first-order valence-electron chi connectivity index (χ1n) is 9.78. The Morgan fingerprint density at radius 1 is 1.38 bits per heavy atom. The van der Waals surface area contributed by atoms with Crippen LogP contribution in [-0.4, -0.2) is 15.2 Å². The number of benzene rings is 1. The molecule has 0 spiro atoms. The third-order valence-corrected chi connectivity index (χ3v) is 7.54. The summed E-state index contributed by atoms with van der Waals surface area (Å²) in [6.07, 6.45) is 2.49. The molecule has 0 amide bonds. The number of imidazole rings is 1. The first-order valence-corrected chi connectivity index (χ1v) is 11.6. The van der Waals surface area contributed by atoms with E-state index in [4.69, 9.17) is 9.72 Å². The maximum atomic E-state index is 13.2. The van der Waals surface area contributed by atoms with Gasteiger partial charge in [-0.25, -0.2) is 4.98 Å². The molecule has 0 bridgehead atoms. The van der Waals surface area contributed by atoms with E-state index in [2.05, 4.69) is 43.2 Å². The first kappa shape index (κ1) is 20.4. The van der Waals surface area contributed by atoms with Crippen LogP contribution in [0.5, 0.6) is 0 Å². The summed E-state index contributed by atoms with van der Waals surface area (Å²) in [6.45, 7) is 13.3. The Kier molecular flexibility index (Phi) is 5.44. The molecule has 0 saturated heterocycles. The van der Waals surface area contributed by atoms with Gasteiger partial charge in [0, 0.05) is 29.2 Å². The number of ether oxygens (including phenoxy) is 1. The summed E-state index contributed by atoms with van der Waals surface area (Å²) in [7, 11) is 0. The van der Waals surface area contributed by atoms with E-state index in [1.807, 2.05) is 19.9 Å².